The van der Waals surface area contributed by atoms with Crippen LogP contribution in [0.15, 0.2) is 54.9 Å². The van der Waals surface area contributed by atoms with E-state index < -0.39 is 24.0 Å². The predicted molar refractivity (Wildman–Crippen MR) is 127 cm³/mol. The molecule has 4 rings (SSSR count). The van der Waals surface area contributed by atoms with Crippen LogP contribution >= 0.6 is 11.6 Å². The molecule has 6 nitrogen and oxygen atoms in total. The van der Waals surface area contributed by atoms with Gasteiger partial charge in [-0.25, -0.2) is 4.98 Å². The summed E-state index contributed by atoms with van der Waals surface area (Å²) in [6, 6.07) is 9.64. The summed E-state index contributed by atoms with van der Waals surface area (Å²) in [6.07, 6.45) is -5.53. The van der Waals surface area contributed by atoms with E-state index in [0.717, 1.165) is 37.6 Å². The summed E-state index contributed by atoms with van der Waals surface area (Å²) in [5.41, 5.74) is 0.0698. The van der Waals surface area contributed by atoms with Gasteiger partial charge in [0, 0.05) is 25.5 Å². The molecule has 0 bridgehead atoms. The van der Waals surface area contributed by atoms with Crippen LogP contribution in [-0.4, -0.2) is 46.4 Å². The molecule has 1 amide bonds. The standard InChI is InChI=1S/C25H23ClF6N4O2/c26-20-12-18(24(27,28)29)14-33-22(20)36-9-1-2-21(36)23(37)34-13-16-7-10-35(11-8-16)15-17-3-5-19(6-4-17)38-25(30,31)32/h1-6,9,12,14,16H,7-8,10-11,13,15H2,(H,34,37). The van der Waals surface area contributed by atoms with E-state index >= 15 is 0 Å². The van der Waals surface area contributed by atoms with Gasteiger partial charge >= 0.3 is 12.5 Å². The third-order valence-corrected chi connectivity index (χ3v) is 6.46. The van der Waals surface area contributed by atoms with Crippen molar-refractivity contribution >= 4 is 17.5 Å². The van der Waals surface area contributed by atoms with Crippen LogP contribution in [0.2, 0.25) is 5.02 Å². The second-order valence-electron chi connectivity index (χ2n) is 8.91. The van der Waals surface area contributed by atoms with Crippen LogP contribution in [0.1, 0.15) is 34.5 Å². The van der Waals surface area contributed by atoms with Crippen LogP contribution < -0.4 is 10.1 Å². The van der Waals surface area contributed by atoms with E-state index in [-0.39, 0.29) is 28.2 Å². The molecule has 2 aromatic heterocycles. The number of hydrogen-bond donors (Lipinski definition) is 1. The van der Waals surface area contributed by atoms with Gasteiger partial charge in [-0.15, -0.1) is 13.2 Å². The SMILES string of the molecule is O=C(NCC1CCN(Cc2ccc(OC(F)(F)F)cc2)CC1)c1cccn1-c1ncc(C(F)(F)F)cc1Cl. The Kier molecular flexibility index (Phi) is 8.22. The lowest BCUT2D eigenvalue weighted by Gasteiger charge is -2.32. The third kappa shape index (κ3) is 7.19. The lowest BCUT2D eigenvalue weighted by Crippen LogP contribution is -2.38. The summed E-state index contributed by atoms with van der Waals surface area (Å²) in [4.78, 5) is 18.8. The first-order chi connectivity index (χ1) is 17.9. The maximum Gasteiger partial charge on any atom is 0.573 e. The molecular weight excluding hydrogens is 538 g/mol. The number of nitrogens with one attached hydrogen (secondary N) is 1. The fourth-order valence-corrected chi connectivity index (χ4v) is 4.50. The Morgan fingerprint density at radius 3 is 2.37 bits per heavy atom. The molecule has 204 valence electrons. The lowest BCUT2D eigenvalue weighted by molar-refractivity contribution is -0.274. The van der Waals surface area contributed by atoms with Crippen LogP contribution in [0.5, 0.6) is 5.75 Å². The van der Waals surface area contributed by atoms with Gasteiger partial charge in [-0.3, -0.25) is 14.3 Å². The second-order valence-corrected chi connectivity index (χ2v) is 9.32. The van der Waals surface area contributed by atoms with Crippen molar-refractivity contribution in [2.45, 2.75) is 31.9 Å². The molecule has 1 aromatic carbocycles. The van der Waals surface area contributed by atoms with Crippen molar-refractivity contribution in [1.29, 1.82) is 0 Å². The van der Waals surface area contributed by atoms with Gasteiger partial charge in [0.05, 0.1) is 10.6 Å². The van der Waals surface area contributed by atoms with Gasteiger partial charge < -0.3 is 10.1 Å². The average Bonchev–Trinajstić information content (AvgIpc) is 3.33. The Bertz CT molecular complexity index is 1250. The zero-order chi connectivity index (χ0) is 27.5. The highest BCUT2D eigenvalue weighted by molar-refractivity contribution is 6.32. The predicted octanol–water partition coefficient (Wildman–Crippen LogP) is 6.09. The number of likely N-dealkylation sites (tertiary alicyclic amines) is 1. The minimum atomic E-state index is -4.73. The Morgan fingerprint density at radius 2 is 1.76 bits per heavy atom. The number of pyridine rings is 1. The molecule has 1 aliphatic heterocycles. The molecule has 13 heteroatoms. The van der Waals surface area contributed by atoms with Gasteiger partial charge in [0.15, 0.2) is 5.82 Å². The normalized spacial score (nSPS) is 15.4. The number of ether oxygens (including phenoxy) is 1. The summed E-state index contributed by atoms with van der Waals surface area (Å²) >= 11 is 6.04. The first kappa shape index (κ1) is 27.8. The maximum absolute atomic E-state index is 12.9. The lowest BCUT2D eigenvalue weighted by atomic mass is 9.96. The van der Waals surface area contributed by atoms with Crippen LogP contribution in [0.4, 0.5) is 26.3 Å². The number of carbonyl (C=O) groups excluding carboxylic acids is 1. The summed E-state index contributed by atoms with van der Waals surface area (Å²) in [5.74, 6) is -0.440. The number of halogens is 7. The zero-order valence-electron chi connectivity index (χ0n) is 19.8. The third-order valence-electron chi connectivity index (χ3n) is 6.18. The number of nitrogens with zero attached hydrogens (tertiary/aromatic N) is 3. The minimum Gasteiger partial charge on any atom is -0.406 e. The van der Waals surface area contributed by atoms with E-state index in [2.05, 4.69) is 19.9 Å². The molecule has 38 heavy (non-hydrogen) atoms. The van der Waals surface area contributed by atoms with E-state index in [0.29, 0.717) is 19.3 Å². The molecule has 1 saturated heterocycles. The van der Waals surface area contributed by atoms with E-state index in [9.17, 15) is 31.1 Å². The van der Waals surface area contributed by atoms with Crippen molar-refractivity contribution in [3.8, 4) is 11.6 Å². The number of benzene rings is 1. The molecule has 1 N–H and O–H groups in total. The molecule has 0 spiro atoms. The number of alkyl halides is 6. The summed E-state index contributed by atoms with van der Waals surface area (Å²) in [5, 5.41) is 2.64. The first-order valence-corrected chi connectivity index (χ1v) is 12.0. The highest BCUT2D eigenvalue weighted by atomic mass is 35.5. The van der Waals surface area contributed by atoms with E-state index in [1.165, 1.54) is 29.0 Å². The quantitative estimate of drug-likeness (QED) is 0.356. The summed E-state index contributed by atoms with van der Waals surface area (Å²) in [6.45, 7) is 2.50. The van der Waals surface area contributed by atoms with Crippen molar-refractivity contribution in [2.75, 3.05) is 19.6 Å². The summed E-state index contributed by atoms with van der Waals surface area (Å²) in [7, 11) is 0. The van der Waals surface area contributed by atoms with E-state index in [1.54, 1.807) is 18.2 Å². The Hall–Kier alpha value is -3.25. The number of piperidine rings is 1. The van der Waals surface area contributed by atoms with Crippen molar-refractivity contribution in [3.63, 3.8) is 0 Å². The molecule has 1 aliphatic rings. The van der Waals surface area contributed by atoms with Gasteiger partial charge in [0.2, 0.25) is 0 Å². The number of carbonyl (C=O) groups is 1. The molecule has 0 aliphatic carbocycles. The van der Waals surface area contributed by atoms with Gasteiger partial charge in [-0.1, -0.05) is 23.7 Å². The Balaban J connectivity index is 1.27. The Labute approximate surface area is 219 Å². The minimum absolute atomic E-state index is 0.0149. The fraction of sp³-hybridized carbons (Fsp3) is 0.360. The van der Waals surface area contributed by atoms with Crippen molar-refractivity contribution < 1.29 is 35.9 Å². The van der Waals surface area contributed by atoms with Gasteiger partial charge in [0.1, 0.15) is 11.4 Å². The average molecular weight is 561 g/mol. The van der Waals surface area contributed by atoms with Crippen LogP contribution in [0, 0.1) is 5.92 Å². The number of amides is 1. The second kappa shape index (κ2) is 11.2. The first-order valence-electron chi connectivity index (χ1n) is 11.6. The molecule has 0 saturated carbocycles. The van der Waals surface area contributed by atoms with Crippen molar-refractivity contribution in [3.05, 3.63) is 76.7 Å². The van der Waals surface area contributed by atoms with E-state index in [4.69, 9.17) is 11.6 Å². The molecule has 3 heterocycles. The molecule has 0 radical (unpaired) electrons. The topological polar surface area (TPSA) is 59.4 Å². The fourth-order valence-electron chi connectivity index (χ4n) is 4.24. The molecule has 0 atom stereocenters. The Morgan fingerprint density at radius 1 is 1.08 bits per heavy atom. The van der Waals surface area contributed by atoms with Crippen molar-refractivity contribution in [2.24, 2.45) is 5.92 Å². The molecule has 1 fully saturated rings. The molecule has 3 aromatic rings. The maximum atomic E-state index is 12.9. The van der Waals surface area contributed by atoms with Crippen LogP contribution in [-0.2, 0) is 12.7 Å². The largest absolute Gasteiger partial charge is 0.573 e. The smallest absolute Gasteiger partial charge is 0.406 e. The summed E-state index contributed by atoms with van der Waals surface area (Å²) < 4.78 is 80.9. The number of aromatic nitrogens is 2. The van der Waals surface area contributed by atoms with E-state index in [1.807, 2.05) is 0 Å². The molecular formula is C25H23ClF6N4O2. The highest BCUT2D eigenvalue weighted by Crippen LogP contribution is 2.32. The number of rotatable bonds is 7. The van der Waals surface area contributed by atoms with Gasteiger partial charge in [-0.2, -0.15) is 13.2 Å². The molecule has 0 unspecified atom stereocenters. The van der Waals surface area contributed by atoms with Gasteiger partial charge in [0.25, 0.3) is 5.91 Å². The van der Waals surface area contributed by atoms with Crippen LogP contribution in [0.3, 0.4) is 0 Å². The number of hydrogen-bond acceptors (Lipinski definition) is 4. The monoisotopic (exact) mass is 560 g/mol. The van der Waals surface area contributed by atoms with Gasteiger partial charge in [-0.05, 0) is 67.7 Å². The van der Waals surface area contributed by atoms with Crippen molar-refractivity contribution in [1.82, 2.24) is 19.8 Å². The zero-order valence-corrected chi connectivity index (χ0v) is 20.6. The highest BCUT2D eigenvalue weighted by Gasteiger charge is 2.32. The van der Waals surface area contributed by atoms with Crippen LogP contribution in [0.25, 0.3) is 5.82 Å².